The first-order valence-electron chi connectivity index (χ1n) is 6.63. The van der Waals surface area contributed by atoms with E-state index in [0.29, 0.717) is 15.9 Å². The van der Waals surface area contributed by atoms with Crippen molar-refractivity contribution in [3.8, 4) is 0 Å². The second-order valence-corrected chi connectivity index (χ2v) is 6.12. The number of H-pyrrole nitrogens is 1. The van der Waals surface area contributed by atoms with Gasteiger partial charge in [-0.25, -0.2) is 4.98 Å². The zero-order valence-corrected chi connectivity index (χ0v) is 12.3. The Morgan fingerprint density at radius 2 is 2.00 bits per heavy atom. The number of rotatable bonds is 3. The molecule has 20 heavy (non-hydrogen) atoms. The molecule has 1 aromatic carbocycles. The third-order valence-corrected chi connectivity index (χ3v) is 4.55. The fourth-order valence-corrected chi connectivity index (χ4v) is 3.57. The molecular weight excluding hydrogens is 297 g/mol. The van der Waals surface area contributed by atoms with Gasteiger partial charge in [-0.15, -0.1) is 0 Å². The van der Waals surface area contributed by atoms with E-state index < -0.39 is 5.60 Å². The molecule has 1 heterocycles. The second kappa shape index (κ2) is 5.35. The van der Waals surface area contributed by atoms with Gasteiger partial charge in [0.25, 0.3) is 0 Å². The third-order valence-electron chi connectivity index (χ3n) is 3.99. The van der Waals surface area contributed by atoms with Crippen LogP contribution in [0.1, 0.15) is 43.0 Å². The Bertz CT molecular complexity index is 594. The number of benzene rings is 1. The maximum absolute atomic E-state index is 11.0. The molecule has 0 radical (unpaired) electrons. The van der Waals surface area contributed by atoms with Crippen molar-refractivity contribution in [1.82, 2.24) is 15.2 Å². The lowest BCUT2D eigenvalue weighted by molar-refractivity contribution is 0.0285. The summed E-state index contributed by atoms with van der Waals surface area (Å²) in [7, 11) is 0. The maximum atomic E-state index is 11.0. The van der Waals surface area contributed by atoms with E-state index in [9.17, 15) is 5.11 Å². The van der Waals surface area contributed by atoms with Crippen LogP contribution in [0.2, 0.25) is 10.0 Å². The highest BCUT2D eigenvalue weighted by atomic mass is 35.5. The summed E-state index contributed by atoms with van der Waals surface area (Å²) in [4.78, 5) is 4.23. The molecule has 0 spiro atoms. The average Bonchev–Trinajstić information content (AvgIpc) is 3.05. The predicted octanol–water partition coefficient (Wildman–Crippen LogP) is 3.55. The van der Waals surface area contributed by atoms with Gasteiger partial charge in [-0.05, 0) is 30.5 Å². The van der Waals surface area contributed by atoms with Crippen molar-refractivity contribution in [3.05, 3.63) is 46.0 Å². The Kier molecular flexibility index (Phi) is 3.71. The van der Waals surface area contributed by atoms with E-state index in [1.807, 2.05) is 6.07 Å². The van der Waals surface area contributed by atoms with Gasteiger partial charge in [0.05, 0.1) is 11.5 Å². The predicted molar refractivity (Wildman–Crippen MR) is 78.1 cm³/mol. The van der Waals surface area contributed by atoms with Gasteiger partial charge >= 0.3 is 0 Å². The van der Waals surface area contributed by atoms with Gasteiger partial charge in [-0.2, -0.15) is 5.10 Å². The molecule has 4 nitrogen and oxygen atoms in total. The van der Waals surface area contributed by atoms with Gasteiger partial charge in [0, 0.05) is 10.0 Å². The van der Waals surface area contributed by atoms with Crippen LogP contribution in [0.3, 0.4) is 0 Å². The van der Waals surface area contributed by atoms with E-state index in [0.717, 1.165) is 31.2 Å². The Labute approximate surface area is 127 Å². The SMILES string of the molecule is OC1(C(c2ncn[nH]2)c2ccc(Cl)cc2Cl)CCCC1. The summed E-state index contributed by atoms with van der Waals surface area (Å²) in [5, 5.41) is 18.9. The molecule has 1 aliphatic carbocycles. The highest BCUT2D eigenvalue weighted by Gasteiger charge is 2.43. The summed E-state index contributed by atoms with van der Waals surface area (Å²) in [6, 6.07) is 5.33. The zero-order chi connectivity index (χ0) is 14.2. The van der Waals surface area contributed by atoms with Crippen LogP contribution in [-0.4, -0.2) is 25.9 Å². The molecule has 0 amide bonds. The van der Waals surface area contributed by atoms with Crippen molar-refractivity contribution in [2.75, 3.05) is 0 Å². The van der Waals surface area contributed by atoms with Gasteiger partial charge in [0.2, 0.25) is 0 Å². The van der Waals surface area contributed by atoms with Crippen LogP contribution in [0.15, 0.2) is 24.5 Å². The van der Waals surface area contributed by atoms with Crippen LogP contribution in [0.5, 0.6) is 0 Å². The number of nitrogens with one attached hydrogen (secondary N) is 1. The van der Waals surface area contributed by atoms with Crippen LogP contribution in [0.25, 0.3) is 0 Å². The minimum atomic E-state index is -0.836. The molecule has 106 valence electrons. The van der Waals surface area contributed by atoms with Crippen LogP contribution >= 0.6 is 23.2 Å². The lowest BCUT2D eigenvalue weighted by Crippen LogP contribution is -2.34. The average molecular weight is 312 g/mol. The van der Waals surface area contributed by atoms with Crippen LogP contribution in [0, 0.1) is 0 Å². The first kappa shape index (κ1) is 13.9. The van der Waals surface area contributed by atoms with Crippen molar-refractivity contribution < 1.29 is 5.11 Å². The highest BCUT2D eigenvalue weighted by Crippen LogP contribution is 2.45. The van der Waals surface area contributed by atoms with Crippen molar-refractivity contribution in [2.45, 2.75) is 37.2 Å². The largest absolute Gasteiger partial charge is 0.389 e. The van der Waals surface area contributed by atoms with Gasteiger partial charge in [-0.3, -0.25) is 5.10 Å². The molecular formula is C14H15Cl2N3O. The third kappa shape index (κ3) is 2.43. The molecule has 3 rings (SSSR count). The molecule has 1 unspecified atom stereocenters. The van der Waals surface area contributed by atoms with E-state index in [2.05, 4.69) is 15.2 Å². The Balaban J connectivity index is 2.10. The van der Waals surface area contributed by atoms with E-state index in [4.69, 9.17) is 23.2 Å². The number of nitrogens with zero attached hydrogens (tertiary/aromatic N) is 2. The number of hydrogen-bond acceptors (Lipinski definition) is 3. The molecule has 6 heteroatoms. The first-order chi connectivity index (χ1) is 9.60. The van der Waals surface area contributed by atoms with E-state index in [1.54, 1.807) is 12.1 Å². The quantitative estimate of drug-likeness (QED) is 0.911. The van der Waals surface area contributed by atoms with Crippen LogP contribution in [0.4, 0.5) is 0 Å². The van der Waals surface area contributed by atoms with Crippen LogP contribution < -0.4 is 0 Å². The van der Waals surface area contributed by atoms with Gasteiger partial charge in [0.1, 0.15) is 12.2 Å². The van der Waals surface area contributed by atoms with E-state index in [1.165, 1.54) is 6.33 Å². The zero-order valence-electron chi connectivity index (χ0n) is 10.8. The summed E-state index contributed by atoms with van der Waals surface area (Å²) in [6.45, 7) is 0. The molecule has 0 saturated heterocycles. The Morgan fingerprint density at radius 3 is 2.60 bits per heavy atom. The summed E-state index contributed by atoms with van der Waals surface area (Å²) < 4.78 is 0. The van der Waals surface area contributed by atoms with Gasteiger partial charge in [-0.1, -0.05) is 42.1 Å². The highest BCUT2D eigenvalue weighted by molar-refractivity contribution is 6.35. The van der Waals surface area contributed by atoms with Crippen molar-refractivity contribution in [2.24, 2.45) is 0 Å². The number of aromatic nitrogens is 3. The molecule has 2 aromatic rings. The molecule has 1 aliphatic rings. The number of halogens is 2. The monoisotopic (exact) mass is 311 g/mol. The van der Waals surface area contributed by atoms with Crippen LogP contribution in [-0.2, 0) is 0 Å². The first-order valence-corrected chi connectivity index (χ1v) is 7.38. The summed E-state index contributed by atoms with van der Waals surface area (Å²) >= 11 is 12.3. The summed E-state index contributed by atoms with van der Waals surface area (Å²) in [5.41, 5.74) is -0.00555. The minimum absolute atomic E-state index is 0.308. The molecule has 2 N–H and O–H groups in total. The normalized spacial score (nSPS) is 19.1. The molecule has 1 aromatic heterocycles. The van der Waals surface area contributed by atoms with Crippen molar-refractivity contribution in [1.29, 1.82) is 0 Å². The number of hydrogen-bond donors (Lipinski definition) is 2. The van der Waals surface area contributed by atoms with Crippen molar-refractivity contribution in [3.63, 3.8) is 0 Å². The van der Waals surface area contributed by atoms with E-state index >= 15 is 0 Å². The lowest BCUT2D eigenvalue weighted by Gasteiger charge is -2.32. The molecule has 0 bridgehead atoms. The fraction of sp³-hybridized carbons (Fsp3) is 0.429. The molecule has 1 atom stereocenters. The number of aromatic amines is 1. The van der Waals surface area contributed by atoms with Gasteiger partial charge in [0.15, 0.2) is 0 Å². The number of aliphatic hydroxyl groups is 1. The summed E-state index contributed by atoms with van der Waals surface area (Å²) in [5.74, 6) is 0.330. The van der Waals surface area contributed by atoms with E-state index in [-0.39, 0.29) is 5.92 Å². The molecule has 1 fully saturated rings. The molecule has 0 aliphatic heterocycles. The lowest BCUT2D eigenvalue weighted by atomic mass is 9.80. The topological polar surface area (TPSA) is 61.8 Å². The Hall–Kier alpha value is -1.10. The van der Waals surface area contributed by atoms with Gasteiger partial charge < -0.3 is 5.11 Å². The maximum Gasteiger partial charge on any atom is 0.137 e. The minimum Gasteiger partial charge on any atom is -0.389 e. The summed E-state index contributed by atoms with van der Waals surface area (Å²) in [6.07, 6.45) is 4.93. The Morgan fingerprint density at radius 1 is 1.25 bits per heavy atom. The smallest absolute Gasteiger partial charge is 0.137 e. The van der Waals surface area contributed by atoms with Crippen molar-refractivity contribution >= 4 is 23.2 Å². The second-order valence-electron chi connectivity index (χ2n) is 5.28. The fourth-order valence-electron chi connectivity index (χ4n) is 3.06. The standard InChI is InChI=1S/C14H15Cl2N3O/c15-9-3-4-10(11(16)7-9)12(13-17-8-18-19-13)14(20)5-1-2-6-14/h3-4,7-8,12,20H,1-2,5-6H2,(H,17,18,19). The molecule has 1 saturated carbocycles.